The second-order valence-electron chi connectivity index (χ2n) is 3.16. The predicted octanol–water partition coefficient (Wildman–Crippen LogP) is 1.40. The van der Waals surface area contributed by atoms with E-state index in [4.69, 9.17) is 15.9 Å². The number of aryl methyl sites for hydroxylation is 1. The molecule has 0 radical (unpaired) electrons. The third kappa shape index (κ3) is 3.15. The molecule has 0 spiro atoms. The van der Waals surface area contributed by atoms with E-state index >= 15 is 0 Å². The number of rotatable bonds is 5. The Morgan fingerprint density at radius 3 is 3.00 bits per heavy atom. The van der Waals surface area contributed by atoms with Crippen LogP contribution in [0.4, 0.5) is 0 Å². The third-order valence-corrected chi connectivity index (χ3v) is 1.91. The molecule has 80 valence electrons. The molecule has 0 aromatic carbocycles. The topological polar surface area (TPSA) is 62.5 Å². The molecular formula is C11H13NO3. The van der Waals surface area contributed by atoms with Crippen molar-refractivity contribution in [2.24, 2.45) is 0 Å². The Balaban J connectivity index is 2.53. The van der Waals surface area contributed by atoms with Gasteiger partial charge in [0.1, 0.15) is 5.76 Å². The van der Waals surface area contributed by atoms with Crippen LogP contribution in [0.1, 0.15) is 28.3 Å². The summed E-state index contributed by atoms with van der Waals surface area (Å²) in [5.74, 6) is 2.08. The van der Waals surface area contributed by atoms with Gasteiger partial charge in [0.2, 0.25) is 5.76 Å². The molecule has 0 bridgehead atoms. The van der Waals surface area contributed by atoms with Crippen molar-refractivity contribution < 1.29 is 14.3 Å². The Morgan fingerprint density at radius 1 is 1.73 bits per heavy atom. The molecule has 0 unspecified atom stereocenters. The fraction of sp³-hybridized carbons (Fsp3) is 0.364. The molecule has 0 aliphatic carbocycles. The standard InChI is InChI=1S/C11H13NO3/c1-3-4-5-12-7-9-6-8(2)10(15-9)11(13)14/h1,6,12H,4-5,7H2,2H3,(H,13,14). The van der Waals surface area contributed by atoms with Crippen LogP contribution in [-0.4, -0.2) is 17.6 Å². The molecule has 0 saturated carbocycles. The van der Waals surface area contributed by atoms with Gasteiger partial charge < -0.3 is 14.8 Å². The molecule has 1 rings (SSSR count). The Bertz CT molecular complexity index is 387. The van der Waals surface area contributed by atoms with Gasteiger partial charge in [-0.2, -0.15) is 0 Å². The molecule has 0 aliphatic heterocycles. The minimum Gasteiger partial charge on any atom is -0.475 e. The van der Waals surface area contributed by atoms with Crippen molar-refractivity contribution in [3.05, 3.63) is 23.2 Å². The smallest absolute Gasteiger partial charge is 0.372 e. The van der Waals surface area contributed by atoms with Crippen molar-refractivity contribution in [3.63, 3.8) is 0 Å². The van der Waals surface area contributed by atoms with E-state index in [1.54, 1.807) is 13.0 Å². The SMILES string of the molecule is C#CCCNCc1cc(C)c(C(=O)O)o1. The van der Waals surface area contributed by atoms with Gasteiger partial charge in [-0.15, -0.1) is 12.3 Å². The first-order valence-electron chi connectivity index (χ1n) is 4.62. The zero-order valence-electron chi connectivity index (χ0n) is 8.54. The summed E-state index contributed by atoms with van der Waals surface area (Å²) in [6.07, 6.45) is 5.73. The largest absolute Gasteiger partial charge is 0.475 e. The molecule has 4 nitrogen and oxygen atoms in total. The summed E-state index contributed by atoms with van der Waals surface area (Å²) >= 11 is 0. The van der Waals surface area contributed by atoms with Crippen LogP contribution in [0, 0.1) is 19.3 Å². The van der Waals surface area contributed by atoms with E-state index in [9.17, 15) is 4.79 Å². The number of aromatic carboxylic acids is 1. The predicted molar refractivity (Wildman–Crippen MR) is 55.6 cm³/mol. The van der Waals surface area contributed by atoms with Gasteiger partial charge in [0, 0.05) is 18.5 Å². The lowest BCUT2D eigenvalue weighted by molar-refractivity contribution is 0.0659. The summed E-state index contributed by atoms with van der Waals surface area (Å²) < 4.78 is 5.14. The van der Waals surface area contributed by atoms with Gasteiger partial charge in [0.05, 0.1) is 6.54 Å². The van der Waals surface area contributed by atoms with Crippen molar-refractivity contribution >= 4 is 5.97 Å². The van der Waals surface area contributed by atoms with Crippen molar-refractivity contribution in [1.82, 2.24) is 5.32 Å². The van der Waals surface area contributed by atoms with Gasteiger partial charge >= 0.3 is 5.97 Å². The van der Waals surface area contributed by atoms with Gasteiger partial charge in [-0.05, 0) is 13.0 Å². The average Bonchev–Trinajstić information content (AvgIpc) is 2.55. The van der Waals surface area contributed by atoms with Gasteiger partial charge in [-0.25, -0.2) is 4.79 Å². The highest BCUT2D eigenvalue weighted by Crippen LogP contribution is 2.14. The summed E-state index contributed by atoms with van der Waals surface area (Å²) in [5.41, 5.74) is 0.635. The summed E-state index contributed by atoms with van der Waals surface area (Å²) in [4.78, 5) is 10.7. The Labute approximate surface area is 88.3 Å². The second kappa shape index (κ2) is 5.23. The highest BCUT2D eigenvalue weighted by Gasteiger charge is 2.13. The van der Waals surface area contributed by atoms with Gasteiger partial charge in [0.25, 0.3) is 0 Å². The molecule has 4 heteroatoms. The number of nitrogens with one attached hydrogen (secondary N) is 1. The average molecular weight is 207 g/mol. The maximum absolute atomic E-state index is 10.7. The molecule has 2 N–H and O–H groups in total. The minimum absolute atomic E-state index is 0.00347. The number of carbonyl (C=O) groups is 1. The zero-order chi connectivity index (χ0) is 11.3. The normalized spacial score (nSPS) is 9.87. The quantitative estimate of drug-likeness (QED) is 0.566. The van der Waals surface area contributed by atoms with Crippen LogP contribution in [0.25, 0.3) is 0 Å². The van der Waals surface area contributed by atoms with Crippen LogP contribution in [0.3, 0.4) is 0 Å². The highest BCUT2D eigenvalue weighted by atomic mass is 16.4. The summed E-state index contributed by atoms with van der Waals surface area (Å²) in [6, 6.07) is 1.71. The number of hydrogen-bond acceptors (Lipinski definition) is 3. The van der Waals surface area contributed by atoms with E-state index in [1.165, 1.54) is 0 Å². The van der Waals surface area contributed by atoms with E-state index < -0.39 is 5.97 Å². The molecule has 0 atom stereocenters. The third-order valence-electron chi connectivity index (χ3n) is 1.91. The summed E-state index contributed by atoms with van der Waals surface area (Å²) in [5, 5.41) is 11.8. The van der Waals surface area contributed by atoms with Crippen molar-refractivity contribution in [2.45, 2.75) is 19.9 Å². The number of carboxylic acid groups (broad SMARTS) is 1. The van der Waals surface area contributed by atoms with E-state index in [0.717, 1.165) is 0 Å². The van der Waals surface area contributed by atoms with E-state index in [1.807, 2.05) is 0 Å². The van der Waals surface area contributed by atoms with Crippen LogP contribution < -0.4 is 5.32 Å². The molecule has 0 saturated heterocycles. The Morgan fingerprint density at radius 2 is 2.47 bits per heavy atom. The number of furan rings is 1. The van der Waals surface area contributed by atoms with Crippen molar-refractivity contribution in [3.8, 4) is 12.3 Å². The molecular weight excluding hydrogens is 194 g/mol. The van der Waals surface area contributed by atoms with E-state index in [-0.39, 0.29) is 5.76 Å². The lowest BCUT2D eigenvalue weighted by atomic mass is 10.2. The van der Waals surface area contributed by atoms with Gasteiger partial charge in [-0.1, -0.05) is 0 Å². The van der Waals surface area contributed by atoms with Gasteiger partial charge in [0.15, 0.2) is 0 Å². The Hall–Kier alpha value is -1.73. The molecule has 0 amide bonds. The van der Waals surface area contributed by atoms with Crippen LogP contribution in [0.15, 0.2) is 10.5 Å². The summed E-state index contributed by atoms with van der Waals surface area (Å²) in [7, 11) is 0. The fourth-order valence-corrected chi connectivity index (χ4v) is 1.22. The Kier molecular flexibility index (Phi) is 3.95. The van der Waals surface area contributed by atoms with Gasteiger partial charge in [-0.3, -0.25) is 0 Å². The number of hydrogen-bond donors (Lipinski definition) is 2. The van der Waals surface area contributed by atoms with Crippen molar-refractivity contribution in [1.29, 1.82) is 0 Å². The first-order chi connectivity index (χ1) is 7.15. The van der Waals surface area contributed by atoms with E-state index in [0.29, 0.717) is 30.8 Å². The zero-order valence-corrected chi connectivity index (χ0v) is 8.54. The summed E-state index contributed by atoms with van der Waals surface area (Å²) in [6.45, 7) is 2.90. The highest BCUT2D eigenvalue weighted by molar-refractivity contribution is 5.86. The minimum atomic E-state index is -1.04. The maximum atomic E-state index is 10.7. The lowest BCUT2D eigenvalue weighted by Crippen LogP contribution is -2.13. The van der Waals surface area contributed by atoms with Crippen LogP contribution in [0.2, 0.25) is 0 Å². The van der Waals surface area contributed by atoms with Crippen LogP contribution in [-0.2, 0) is 6.54 Å². The second-order valence-corrected chi connectivity index (χ2v) is 3.16. The molecule has 1 aromatic rings. The van der Waals surface area contributed by atoms with Crippen LogP contribution in [0.5, 0.6) is 0 Å². The number of carboxylic acids is 1. The molecule has 0 fully saturated rings. The lowest BCUT2D eigenvalue weighted by Gasteiger charge is -1.97. The fourth-order valence-electron chi connectivity index (χ4n) is 1.22. The molecule has 1 heterocycles. The first-order valence-corrected chi connectivity index (χ1v) is 4.62. The maximum Gasteiger partial charge on any atom is 0.372 e. The first kappa shape index (κ1) is 11.3. The monoisotopic (exact) mass is 207 g/mol. The van der Waals surface area contributed by atoms with Crippen molar-refractivity contribution in [2.75, 3.05) is 6.54 Å². The molecule has 1 aromatic heterocycles. The van der Waals surface area contributed by atoms with E-state index in [2.05, 4.69) is 11.2 Å². The molecule has 15 heavy (non-hydrogen) atoms. The molecule has 0 aliphatic rings. The number of terminal acetylenes is 1. The van der Waals surface area contributed by atoms with Crippen LogP contribution >= 0.6 is 0 Å².